The molecule has 5 heteroatoms. The average Bonchev–Trinajstić information content (AvgIpc) is 2.83. The first-order valence-electron chi connectivity index (χ1n) is 6.59. The average molecular weight is 241 g/mol. The second-order valence-corrected chi connectivity index (χ2v) is 5.10. The van der Waals surface area contributed by atoms with Crippen molar-refractivity contribution >= 4 is 5.91 Å². The molecule has 1 saturated heterocycles. The maximum atomic E-state index is 11.1. The Morgan fingerprint density at radius 1 is 1.59 bits per heavy atom. The van der Waals surface area contributed by atoms with Crippen LogP contribution in [0.3, 0.4) is 0 Å². The van der Waals surface area contributed by atoms with Crippen molar-refractivity contribution in [2.75, 3.05) is 13.2 Å². The molecule has 0 aromatic heterocycles. The van der Waals surface area contributed by atoms with Crippen molar-refractivity contribution < 1.29 is 9.53 Å². The third kappa shape index (κ3) is 2.97. The first kappa shape index (κ1) is 12.8. The summed E-state index contributed by atoms with van der Waals surface area (Å²) >= 11 is 0. The summed E-state index contributed by atoms with van der Waals surface area (Å²) in [7, 11) is 0. The molecule has 5 nitrogen and oxygen atoms in total. The zero-order chi connectivity index (χ0) is 12.3. The van der Waals surface area contributed by atoms with Gasteiger partial charge in [-0.2, -0.15) is 0 Å². The van der Waals surface area contributed by atoms with E-state index in [1.165, 1.54) is 19.3 Å². The predicted octanol–water partition coefficient (Wildman–Crippen LogP) is 0.398. The molecule has 0 bridgehead atoms. The Morgan fingerprint density at radius 3 is 3.18 bits per heavy atom. The molecule has 1 heterocycles. The van der Waals surface area contributed by atoms with Crippen molar-refractivity contribution in [3.8, 4) is 0 Å². The Labute approximate surface area is 103 Å². The van der Waals surface area contributed by atoms with Gasteiger partial charge in [0.15, 0.2) is 0 Å². The van der Waals surface area contributed by atoms with Gasteiger partial charge in [0.05, 0.1) is 12.7 Å². The minimum atomic E-state index is -0.0759. The largest absolute Gasteiger partial charge is 0.375 e. The predicted molar refractivity (Wildman–Crippen MR) is 65.1 cm³/mol. The van der Waals surface area contributed by atoms with E-state index in [1.807, 2.05) is 0 Å². The molecule has 1 aliphatic heterocycles. The minimum Gasteiger partial charge on any atom is -0.375 e. The summed E-state index contributed by atoms with van der Waals surface area (Å²) in [6, 6.07) is 1.00. The Morgan fingerprint density at radius 2 is 2.41 bits per heavy atom. The fraction of sp³-hybridized carbons (Fsp3) is 0.917. The summed E-state index contributed by atoms with van der Waals surface area (Å²) in [6.45, 7) is 4.02. The van der Waals surface area contributed by atoms with E-state index in [1.54, 1.807) is 0 Å². The van der Waals surface area contributed by atoms with Crippen LogP contribution in [-0.2, 0) is 9.53 Å². The van der Waals surface area contributed by atoms with Crippen LogP contribution in [0.4, 0.5) is 0 Å². The van der Waals surface area contributed by atoms with E-state index < -0.39 is 0 Å². The van der Waals surface area contributed by atoms with E-state index >= 15 is 0 Å². The van der Waals surface area contributed by atoms with Crippen LogP contribution in [0.25, 0.3) is 0 Å². The van der Waals surface area contributed by atoms with E-state index in [0.29, 0.717) is 24.6 Å². The number of rotatable bonds is 4. The second kappa shape index (κ2) is 5.80. The molecule has 2 fully saturated rings. The van der Waals surface area contributed by atoms with Gasteiger partial charge in [-0.1, -0.05) is 0 Å². The molecule has 1 saturated carbocycles. The van der Waals surface area contributed by atoms with Gasteiger partial charge in [0.2, 0.25) is 5.91 Å². The Hall–Kier alpha value is -0.650. The fourth-order valence-corrected chi connectivity index (χ4v) is 3.08. The number of carbonyl (C=O) groups excluding carboxylic acids is 1. The molecular weight excluding hydrogens is 218 g/mol. The summed E-state index contributed by atoms with van der Waals surface area (Å²) in [4.78, 5) is 13.7. The van der Waals surface area contributed by atoms with Crippen LogP contribution < -0.4 is 11.3 Å². The smallest absolute Gasteiger partial charge is 0.233 e. The van der Waals surface area contributed by atoms with Crippen LogP contribution in [0.15, 0.2) is 0 Å². The monoisotopic (exact) mass is 241 g/mol. The topological polar surface area (TPSA) is 67.6 Å². The van der Waals surface area contributed by atoms with Crippen LogP contribution >= 0.6 is 0 Å². The van der Waals surface area contributed by atoms with Gasteiger partial charge in [-0.25, -0.2) is 5.84 Å². The van der Waals surface area contributed by atoms with Gasteiger partial charge in [0.25, 0.3) is 0 Å². The van der Waals surface area contributed by atoms with Crippen molar-refractivity contribution in [3.63, 3.8) is 0 Å². The minimum absolute atomic E-state index is 0.0759. The number of fused-ring (bicyclic) bond motifs is 1. The maximum absolute atomic E-state index is 11.1. The number of hydrazine groups is 1. The van der Waals surface area contributed by atoms with E-state index in [0.717, 1.165) is 19.6 Å². The number of morpholine rings is 1. The molecular formula is C12H23N3O2. The van der Waals surface area contributed by atoms with Crippen LogP contribution in [0, 0.1) is 0 Å². The van der Waals surface area contributed by atoms with Crippen LogP contribution in [0.2, 0.25) is 0 Å². The lowest BCUT2D eigenvalue weighted by Gasteiger charge is -2.41. The SMILES string of the molecule is CC(CCC(=O)NN)N1CCOC2CCCC21. The molecule has 0 aromatic carbocycles. The number of amides is 1. The van der Waals surface area contributed by atoms with Crippen molar-refractivity contribution in [2.45, 2.75) is 57.2 Å². The van der Waals surface area contributed by atoms with Gasteiger partial charge in [-0.15, -0.1) is 0 Å². The van der Waals surface area contributed by atoms with Gasteiger partial charge in [0.1, 0.15) is 0 Å². The molecule has 2 rings (SSSR count). The number of hydrogen-bond acceptors (Lipinski definition) is 4. The molecule has 3 unspecified atom stereocenters. The number of nitrogens with one attached hydrogen (secondary N) is 1. The Balaban J connectivity index is 1.85. The van der Waals surface area contributed by atoms with Crippen molar-refractivity contribution in [1.82, 2.24) is 10.3 Å². The highest BCUT2D eigenvalue weighted by atomic mass is 16.5. The first-order chi connectivity index (χ1) is 8.22. The third-order valence-corrected chi connectivity index (χ3v) is 4.04. The van der Waals surface area contributed by atoms with Gasteiger partial charge in [0, 0.05) is 25.0 Å². The van der Waals surface area contributed by atoms with E-state index in [4.69, 9.17) is 10.6 Å². The second-order valence-electron chi connectivity index (χ2n) is 5.10. The zero-order valence-electron chi connectivity index (χ0n) is 10.5. The highest BCUT2D eigenvalue weighted by Crippen LogP contribution is 2.31. The van der Waals surface area contributed by atoms with E-state index in [2.05, 4.69) is 17.2 Å². The summed E-state index contributed by atoms with van der Waals surface area (Å²) in [5, 5.41) is 0. The van der Waals surface area contributed by atoms with Crippen LogP contribution in [0.1, 0.15) is 39.0 Å². The highest BCUT2D eigenvalue weighted by Gasteiger charge is 2.37. The summed E-state index contributed by atoms with van der Waals surface area (Å²) in [6.07, 6.45) is 5.49. The Kier molecular flexibility index (Phi) is 4.36. The first-order valence-corrected chi connectivity index (χ1v) is 6.59. The van der Waals surface area contributed by atoms with Gasteiger partial charge >= 0.3 is 0 Å². The molecule has 0 aromatic rings. The fourth-order valence-electron chi connectivity index (χ4n) is 3.08. The number of nitrogens with two attached hydrogens (primary N) is 1. The van der Waals surface area contributed by atoms with Crippen molar-refractivity contribution in [1.29, 1.82) is 0 Å². The van der Waals surface area contributed by atoms with Crippen LogP contribution in [-0.4, -0.2) is 42.1 Å². The number of ether oxygens (including phenoxy) is 1. The number of nitrogens with zero attached hydrogens (tertiary/aromatic N) is 1. The van der Waals surface area contributed by atoms with Gasteiger partial charge in [-0.05, 0) is 32.6 Å². The van der Waals surface area contributed by atoms with Gasteiger partial charge < -0.3 is 4.74 Å². The molecule has 3 N–H and O–H groups in total. The molecule has 0 spiro atoms. The number of hydrogen-bond donors (Lipinski definition) is 2. The molecule has 3 atom stereocenters. The highest BCUT2D eigenvalue weighted by molar-refractivity contribution is 5.75. The zero-order valence-corrected chi connectivity index (χ0v) is 10.5. The quantitative estimate of drug-likeness (QED) is 0.425. The van der Waals surface area contributed by atoms with Crippen molar-refractivity contribution in [2.24, 2.45) is 5.84 Å². The molecule has 0 radical (unpaired) electrons. The summed E-state index contributed by atoms with van der Waals surface area (Å²) < 4.78 is 5.79. The lowest BCUT2D eigenvalue weighted by Crippen LogP contribution is -2.52. The number of carbonyl (C=O) groups is 1. The summed E-state index contributed by atoms with van der Waals surface area (Å²) in [5.74, 6) is 5.01. The molecule has 1 aliphatic carbocycles. The maximum Gasteiger partial charge on any atom is 0.233 e. The summed E-state index contributed by atoms with van der Waals surface area (Å²) in [5.41, 5.74) is 2.19. The molecule has 17 heavy (non-hydrogen) atoms. The standard InChI is InChI=1S/C12H23N3O2/c1-9(5-6-12(16)14-13)15-7-8-17-11-4-2-3-10(11)15/h9-11H,2-8,13H2,1H3,(H,14,16). The third-order valence-electron chi connectivity index (χ3n) is 4.04. The Bertz CT molecular complexity index is 272. The molecule has 98 valence electrons. The molecule has 1 amide bonds. The van der Waals surface area contributed by atoms with Gasteiger partial charge in [-0.3, -0.25) is 15.1 Å². The van der Waals surface area contributed by atoms with E-state index in [9.17, 15) is 4.79 Å². The molecule has 2 aliphatic rings. The lowest BCUT2D eigenvalue weighted by molar-refractivity contribution is -0.121. The van der Waals surface area contributed by atoms with Crippen molar-refractivity contribution in [3.05, 3.63) is 0 Å². The normalized spacial score (nSPS) is 30.9. The van der Waals surface area contributed by atoms with E-state index in [-0.39, 0.29) is 5.91 Å². The lowest BCUT2D eigenvalue weighted by atomic mass is 10.0. The van der Waals surface area contributed by atoms with Crippen LogP contribution in [0.5, 0.6) is 0 Å².